The molecule has 1 heterocycles. The van der Waals surface area contributed by atoms with Crippen molar-refractivity contribution in [1.82, 2.24) is 0 Å². The summed E-state index contributed by atoms with van der Waals surface area (Å²) in [5.41, 5.74) is 7.44. The van der Waals surface area contributed by atoms with Gasteiger partial charge in [-0.3, -0.25) is 0 Å². The van der Waals surface area contributed by atoms with Crippen molar-refractivity contribution in [3.05, 3.63) is 29.6 Å². The van der Waals surface area contributed by atoms with Crippen molar-refractivity contribution in [2.75, 3.05) is 24.7 Å². The summed E-state index contributed by atoms with van der Waals surface area (Å²) in [5, 5.41) is 0. The number of rotatable bonds is 3. The number of nitrogens with zero attached hydrogens (tertiary/aromatic N) is 1. The molecule has 1 aromatic carbocycles. The topological polar surface area (TPSA) is 38.5 Å². The van der Waals surface area contributed by atoms with Gasteiger partial charge in [0.25, 0.3) is 0 Å². The molecule has 1 saturated heterocycles. The highest BCUT2D eigenvalue weighted by Crippen LogP contribution is 2.30. The summed E-state index contributed by atoms with van der Waals surface area (Å²) in [6.45, 7) is 6.12. The van der Waals surface area contributed by atoms with Gasteiger partial charge in [0.15, 0.2) is 0 Å². The molecular formula is C14H21FN2O. The van der Waals surface area contributed by atoms with Crippen molar-refractivity contribution in [3.63, 3.8) is 0 Å². The largest absolute Gasteiger partial charge is 0.377 e. The number of hydrogen-bond acceptors (Lipinski definition) is 3. The van der Waals surface area contributed by atoms with Crippen molar-refractivity contribution in [3.8, 4) is 0 Å². The quantitative estimate of drug-likeness (QED) is 0.898. The van der Waals surface area contributed by atoms with Gasteiger partial charge in [-0.05, 0) is 25.5 Å². The van der Waals surface area contributed by atoms with Crippen molar-refractivity contribution >= 4 is 5.69 Å². The molecule has 1 fully saturated rings. The summed E-state index contributed by atoms with van der Waals surface area (Å²) in [5.74, 6) is -0.219. The fourth-order valence-electron chi connectivity index (χ4n) is 2.54. The van der Waals surface area contributed by atoms with Crippen LogP contribution >= 0.6 is 0 Å². The van der Waals surface area contributed by atoms with Gasteiger partial charge in [-0.1, -0.05) is 13.0 Å². The van der Waals surface area contributed by atoms with E-state index < -0.39 is 0 Å². The maximum absolute atomic E-state index is 13.9. The fraction of sp³-hybridized carbons (Fsp3) is 0.571. The highest BCUT2D eigenvalue weighted by atomic mass is 19.1. The van der Waals surface area contributed by atoms with Crippen LogP contribution in [0.2, 0.25) is 0 Å². The van der Waals surface area contributed by atoms with E-state index in [1.807, 2.05) is 13.0 Å². The average Bonchev–Trinajstić information content (AvgIpc) is 2.38. The number of anilines is 1. The van der Waals surface area contributed by atoms with E-state index in [0.717, 1.165) is 18.7 Å². The summed E-state index contributed by atoms with van der Waals surface area (Å²) < 4.78 is 19.4. The Kier molecular flexibility index (Phi) is 4.19. The lowest BCUT2D eigenvalue weighted by Crippen LogP contribution is -2.45. The Morgan fingerprint density at radius 3 is 3.00 bits per heavy atom. The molecule has 0 saturated carbocycles. The van der Waals surface area contributed by atoms with Crippen molar-refractivity contribution in [2.45, 2.75) is 32.4 Å². The molecule has 1 aromatic rings. The number of benzene rings is 1. The van der Waals surface area contributed by atoms with E-state index in [0.29, 0.717) is 24.8 Å². The van der Waals surface area contributed by atoms with E-state index in [2.05, 4.69) is 11.8 Å². The van der Waals surface area contributed by atoms with Crippen LogP contribution < -0.4 is 10.6 Å². The molecule has 1 aliphatic heterocycles. The normalized spacial score (nSPS) is 22.0. The highest BCUT2D eigenvalue weighted by Gasteiger charge is 2.25. The summed E-state index contributed by atoms with van der Waals surface area (Å²) in [4.78, 5) is 2.23. The van der Waals surface area contributed by atoms with Gasteiger partial charge in [-0.25, -0.2) is 4.39 Å². The molecule has 2 atom stereocenters. The predicted molar refractivity (Wildman–Crippen MR) is 71.2 cm³/mol. The number of morpholine rings is 1. The first-order valence-electron chi connectivity index (χ1n) is 6.53. The van der Waals surface area contributed by atoms with Gasteiger partial charge in [-0.15, -0.1) is 0 Å². The zero-order valence-electron chi connectivity index (χ0n) is 11.0. The lowest BCUT2D eigenvalue weighted by Gasteiger charge is -2.38. The molecule has 0 amide bonds. The average molecular weight is 252 g/mol. The Balaban J connectivity index is 2.39. The van der Waals surface area contributed by atoms with Gasteiger partial charge in [0.1, 0.15) is 5.82 Å². The van der Waals surface area contributed by atoms with Gasteiger partial charge < -0.3 is 15.4 Å². The first-order chi connectivity index (χ1) is 8.65. The Morgan fingerprint density at radius 1 is 1.56 bits per heavy atom. The smallest absolute Gasteiger partial charge is 0.130 e. The number of hydrogen-bond donors (Lipinski definition) is 1. The zero-order chi connectivity index (χ0) is 13.1. The molecule has 2 N–H and O–H groups in total. The highest BCUT2D eigenvalue weighted by molar-refractivity contribution is 5.56. The van der Waals surface area contributed by atoms with E-state index in [9.17, 15) is 4.39 Å². The van der Waals surface area contributed by atoms with Crippen LogP contribution in [0.3, 0.4) is 0 Å². The second-order valence-corrected chi connectivity index (χ2v) is 4.79. The molecule has 0 aromatic heterocycles. The summed E-state index contributed by atoms with van der Waals surface area (Å²) in [6.07, 6.45) is 0.981. The summed E-state index contributed by atoms with van der Waals surface area (Å²) >= 11 is 0. The first kappa shape index (κ1) is 13.3. The summed E-state index contributed by atoms with van der Waals surface area (Å²) in [6, 6.07) is 5.18. The standard InChI is InChI=1S/C14H21FN2O/c1-3-11-9-18-8-7-17(11)13-6-4-5-12(15)14(13)10(2)16/h4-6,10-11H,3,7-9,16H2,1-2H3/t10-,11?/m0/s1. The first-order valence-corrected chi connectivity index (χ1v) is 6.53. The SMILES string of the molecule is CCC1COCCN1c1cccc(F)c1[C@H](C)N. The molecule has 4 heteroatoms. The summed E-state index contributed by atoms with van der Waals surface area (Å²) in [7, 11) is 0. The molecule has 2 rings (SSSR count). The van der Waals surface area contributed by atoms with Crippen LogP contribution in [0, 0.1) is 5.82 Å². The van der Waals surface area contributed by atoms with Crippen LogP contribution in [0.4, 0.5) is 10.1 Å². The zero-order valence-corrected chi connectivity index (χ0v) is 11.0. The molecular weight excluding hydrogens is 231 g/mol. The van der Waals surface area contributed by atoms with Crippen LogP contribution in [-0.4, -0.2) is 25.8 Å². The van der Waals surface area contributed by atoms with Gasteiger partial charge in [0.2, 0.25) is 0 Å². The number of ether oxygens (including phenoxy) is 1. The van der Waals surface area contributed by atoms with Crippen molar-refractivity contribution < 1.29 is 9.13 Å². The lowest BCUT2D eigenvalue weighted by atomic mass is 10.0. The van der Waals surface area contributed by atoms with Crippen LogP contribution in [-0.2, 0) is 4.74 Å². The fourth-order valence-corrected chi connectivity index (χ4v) is 2.54. The third-order valence-corrected chi connectivity index (χ3v) is 3.49. The maximum Gasteiger partial charge on any atom is 0.130 e. The third kappa shape index (κ3) is 2.49. The Hall–Kier alpha value is -1.13. The van der Waals surface area contributed by atoms with E-state index in [1.165, 1.54) is 6.07 Å². The van der Waals surface area contributed by atoms with Crippen molar-refractivity contribution in [1.29, 1.82) is 0 Å². The lowest BCUT2D eigenvalue weighted by molar-refractivity contribution is 0.0928. The van der Waals surface area contributed by atoms with Crippen molar-refractivity contribution in [2.24, 2.45) is 5.73 Å². The number of nitrogens with two attached hydrogens (primary N) is 1. The van der Waals surface area contributed by atoms with E-state index in [1.54, 1.807) is 6.07 Å². The Bertz CT molecular complexity index is 409. The predicted octanol–water partition coefficient (Wildman–Crippen LogP) is 2.46. The van der Waals surface area contributed by atoms with Gasteiger partial charge in [-0.2, -0.15) is 0 Å². The van der Waals surface area contributed by atoms with Crippen LogP contribution in [0.5, 0.6) is 0 Å². The van der Waals surface area contributed by atoms with E-state index in [-0.39, 0.29) is 11.9 Å². The van der Waals surface area contributed by atoms with Gasteiger partial charge in [0.05, 0.1) is 19.3 Å². The molecule has 1 unspecified atom stereocenters. The second-order valence-electron chi connectivity index (χ2n) is 4.79. The van der Waals surface area contributed by atoms with Crippen LogP contribution in [0.1, 0.15) is 31.9 Å². The Labute approximate surface area is 108 Å². The molecule has 100 valence electrons. The van der Waals surface area contributed by atoms with Crippen LogP contribution in [0.25, 0.3) is 0 Å². The molecule has 3 nitrogen and oxygen atoms in total. The van der Waals surface area contributed by atoms with E-state index >= 15 is 0 Å². The molecule has 0 spiro atoms. The van der Waals surface area contributed by atoms with E-state index in [4.69, 9.17) is 10.5 Å². The molecule has 0 aliphatic carbocycles. The van der Waals surface area contributed by atoms with Crippen LogP contribution in [0.15, 0.2) is 18.2 Å². The Morgan fingerprint density at radius 2 is 2.33 bits per heavy atom. The third-order valence-electron chi connectivity index (χ3n) is 3.49. The minimum absolute atomic E-state index is 0.219. The number of halogens is 1. The monoisotopic (exact) mass is 252 g/mol. The van der Waals surface area contributed by atoms with Gasteiger partial charge in [0, 0.05) is 23.8 Å². The second kappa shape index (κ2) is 5.67. The van der Waals surface area contributed by atoms with Gasteiger partial charge >= 0.3 is 0 Å². The molecule has 0 bridgehead atoms. The molecule has 18 heavy (non-hydrogen) atoms. The minimum Gasteiger partial charge on any atom is -0.377 e. The molecule has 1 aliphatic rings. The maximum atomic E-state index is 13.9. The minimum atomic E-state index is -0.304. The molecule has 0 radical (unpaired) electrons.